The molecular formula is C66H44N2O. The van der Waals surface area contributed by atoms with Crippen LogP contribution in [-0.4, -0.2) is 4.57 Å². The van der Waals surface area contributed by atoms with Crippen molar-refractivity contribution in [2.75, 3.05) is 4.90 Å². The molecule has 2 heterocycles. The van der Waals surface area contributed by atoms with Gasteiger partial charge in [-0.2, -0.15) is 0 Å². The van der Waals surface area contributed by atoms with E-state index in [0.717, 1.165) is 83.6 Å². The van der Waals surface area contributed by atoms with E-state index >= 15 is 0 Å². The second kappa shape index (κ2) is 16.9. The highest BCUT2D eigenvalue weighted by molar-refractivity contribution is 6.10. The maximum absolute atomic E-state index is 6.27. The summed E-state index contributed by atoms with van der Waals surface area (Å²) in [6.07, 6.45) is 0. The van der Waals surface area contributed by atoms with Crippen LogP contribution in [0, 0.1) is 0 Å². The molecule has 0 spiro atoms. The van der Waals surface area contributed by atoms with Gasteiger partial charge in [-0.3, -0.25) is 0 Å². The molecule has 0 N–H and O–H groups in total. The predicted molar refractivity (Wildman–Crippen MR) is 290 cm³/mol. The van der Waals surface area contributed by atoms with Crippen molar-refractivity contribution >= 4 is 60.8 Å². The summed E-state index contributed by atoms with van der Waals surface area (Å²) >= 11 is 0. The number of fused-ring (bicyclic) bond motifs is 6. The fourth-order valence-corrected chi connectivity index (χ4v) is 10.3. The summed E-state index contributed by atoms with van der Waals surface area (Å²) in [7, 11) is 0. The molecule has 0 saturated heterocycles. The second-order valence-corrected chi connectivity index (χ2v) is 17.7. The highest BCUT2D eigenvalue weighted by Crippen LogP contribution is 2.44. The Balaban J connectivity index is 0.893. The Morgan fingerprint density at radius 3 is 1.45 bits per heavy atom. The van der Waals surface area contributed by atoms with Crippen LogP contribution in [0.15, 0.2) is 271 Å². The molecule has 3 heteroatoms. The van der Waals surface area contributed by atoms with E-state index in [0.29, 0.717) is 0 Å². The summed E-state index contributed by atoms with van der Waals surface area (Å²) < 4.78 is 8.68. The van der Waals surface area contributed by atoms with Gasteiger partial charge in [0.25, 0.3) is 0 Å². The van der Waals surface area contributed by atoms with E-state index in [1.165, 1.54) is 38.5 Å². The van der Waals surface area contributed by atoms with Gasteiger partial charge in [0.1, 0.15) is 11.2 Å². The Morgan fingerprint density at radius 1 is 0.275 bits per heavy atom. The van der Waals surface area contributed by atoms with Gasteiger partial charge in [-0.1, -0.05) is 194 Å². The van der Waals surface area contributed by atoms with Gasteiger partial charge in [0.15, 0.2) is 0 Å². The molecule has 11 aromatic carbocycles. The minimum absolute atomic E-state index is 0.899. The quantitative estimate of drug-likeness (QED) is 0.144. The maximum Gasteiger partial charge on any atom is 0.136 e. The summed E-state index contributed by atoms with van der Waals surface area (Å²) in [5.74, 6) is 0. The molecule has 0 amide bonds. The van der Waals surface area contributed by atoms with Gasteiger partial charge < -0.3 is 13.9 Å². The first-order valence-electron chi connectivity index (χ1n) is 23.6. The zero-order chi connectivity index (χ0) is 45.7. The molecule has 2 aromatic heterocycles. The van der Waals surface area contributed by atoms with E-state index in [-0.39, 0.29) is 0 Å². The minimum Gasteiger partial charge on any atom is -0.456 e. The maximum atomic E-state index is 6.27. The van der Waals surface area contributed by atoms with E-state index in [4.69, 9.17) is 4.42 Å². The van der Waals surface area contributed by atoms with Crippen molar-refractivity contribution in [2.45, 2.75) is 0 Å². The molecule has 3 nitrogen and oxygen atoms in total. The van der Waals surface area contributed by atoms with E-state index in [2.05, 4.69) is 264 Å². The van der Waals surface area contributed by atoms with Crippen LogP contribution in [0.25, 0.3) is 105 Å². The number of furan rings is 1. The number of anilines is 3. The first kappa shape index (κ1) is 40.1. The highest BCUT2D eigenvalue weighted by atomic mass is 16.3. The molecular weight excluding hydrogens is 837 g/mol. The second-order valence-electron chi connectivity index (χ2n) is 17.7. The summed E-state index contributed by atoms with van der Waals surface area (Å²) in [6.45, 7) is 0. The molecule has 0 aliphatic rings. The summed E-state index contributed by atoms with van der Waals surface area (Å²) in [6, 6.07) is 96.1. The molecule has 0 fully saturated rings. The highest BCUT2D eigenvalue weighted by Gasteiger charge is 2.20. The van der Waals surface area contributed by atoms with Crippen molar-refractivity contribution in [3.8, 4) is 61.3 Å². The normalized spacial score (nSPS) is 11.5. The number of hydrogen-bond donors (Lipinski definition) is 0. The smallest absolute Gasteiger partial charge is 0.136 e. The molecule has 69 heavy (non-hydrogen) atoms. The third kappa shape index (κ3) is 7.16. The topological polar surface area (TPSA) is 21.3 Å². The Labute approximate surface area is 401 Å². The zero-order valence-corrected chi connectivity index (χ0v) is 37.7. The van der Waals surface area contributed by atoms with Crippen LogP contribution < -0.4 is 4.90 Å². The largest absolute Gasteiger partial charge is 0.456 e. The van der Waals surface area contributed by atoms with Crippen molar-refractivity contribution in [1.29, 1.82) is 0 Å². The SMILES string of the molecule is c1ccc(-c2ccc(-c3ccccc3N(c3ccc(-c4cccc(-c5ccc6c(c5)oc5ccccc56)c4)cc3)c3ccc(-c4ccccc4-n4c5ccccc5c5ccccc54)cc3)cc2)cc1. The van der Waals surface area contributed by atoms with Gasteiger partial charge in [-0.05, 0) is 117 Å². The van der Waals surface area contributed by atoms with Gasteiger partial charge in [0, 0.05) is 44.0 Å². The van der Waals surface area contributed by atoms with Crippen LogP contribution in [0.5, 0.6) is 0 Å². The average molecular weight is 881 g/mol. The van der Waals surface area contributed by atoms with E-state index in [1.807, 2.05) is 12.1 Å². The van der Waals surface area contributed by atoms with Crippen molar-refractivity contribution in [2.24, 2.45) is 0 Å². The number of aromatic nitrogens is 1. The first-order valence-corrected chi connectivity index (χ1v) is 23.6. The van der Waals surface area contributed by atoms with Crippen LogP contribution in [0.2, 0.25) is 0 Å². The summed E-state index contributed by atoms with van der Waals surface area (Å²) in [5, 5.41) is 4.78. The van der Waals surface area contributed by atoms with Crippen molar-refractivity contribution in [3.63, 3.8) is 0 Å². The molecule has 13 aromatic rings. The van der Waals surface area contributed by atoms with Crippen LogP contribution in [0.3, 0.4) is 0 Å². The molecule has 13 rings (SSSR count). The molecule has 0 bridgehead atoms. The lowest BCUT2D eigenvalue weighted by Gasteiger charge is -2.28. The average Bonchev–Trinajstić information content (AvgIpc) is 3.97. The number of benzene rings is 11. The Morgan fingerprint density at radius 2 is 0.725 bits per heavy atom. The molecule has 0 radical (unpaired) electrons. The Bertz CT molecular complexity index is 3940. The Kier molecular flexibility index (Phi) is 9.84. The van der Waals surface area contributed by atoms with Crippen molar-refractivity contribution in [3.05, 3.63) is 267 Å². The van der Waals surface area contributed by atoms with Gasteiger partial charge in [0.05, 0.1) is 22.4 Å². The molecule has 0 unspecified atom stereocenters. The van der Waals surface area contributed by atoms with Gasteiger partial charge >= 0.3 is 0 Å². The fraction of sp³-hybridized carbons (Fsp3) is 0. The van der Waals surface area contributed by atoms with E-state index < -0.39 is 0 Å². The zero-order valence-electron chi connectivity index (χ0n) is 37.7. The number of hydrogen-bond acceptors (Lipinski definition) is 2. The third-order valence-electron chi connectivity index (χ3n) is 13.6. The van der Waals surface area contributed by atoms with E-state index in [9.17, 15) is 0 Å². The third-order valence-corrected chi connectivity index (χ3v) is 13.6. The lowest BCUT2D eigenvalue weighted by atomic mass is 9.97. The number of nitrogens with zero attached hydrogens (tertiary/aromatic N) is 2. The molecule has 0 atom stereocenters. The van der Waals surface area contributed by atoms with Crippen molar-refractivity contribution in [1.82, 2.24) is 4.57 Å². The summed E-state index contributed by atoms with van der Waals surface area (Å²) in [5.41, 5.74) is 20.2. The number of para-hydroxylation sites is 5. The molecule has 324 valence electrons. The van der Waals surface area contributed by atoms with Crippen LogP contribution in [0.4, 0.5) is 17.1 Å². The fourth-order valence-electron chi connectivity index (χ4n) is 10.3. The van der Waals surface area contributed by atoms with Crippen LogP contribution in [0.1, 0.15) is 0 Å². The predicted octanol–water partition coefficient (Wildman–Crippen LogP) is 18.5. The van der Waals surface area contributed by atoms with E-state index in [1.54, 1.807) is 0 Å². The lowest BCUT2D eigenvalue weighted by Crippen LogP contribution is -2.11. The van der Waals surface area contributed by atoms with Gasteiger partial charge in [-0.15, -0.1) is 0 Å². The summed E-state index contributed by atoms with van der Waals surface area (Å²) in [4.78, 5) is 2.39. The minimum atomic E-state index is 0.899. The monoisotopic (exact) mass is 880 g/mol. The van der Waals surface area contributed by atoms with Gasteiger partial charge in [0.2, 0.25) is 0 Å². The first-order chi connectivity index (χ1) is 34.2. The molecule has 0 aliphatic heterocycles. The standard InChI is InChI=1S/C66H44N2O/c1-2-15-45(16-3-1)46-29-31-48(32-30-46)55-19-4-9-24-61(55)67(53-38-33-47(34-39-53)50-17-14-18-51(43-50)52-37-42-60-59-23-8-13-28-65(59)69-66(60)44-52)54-40-35-49(36-41-54)56-20-5-10-25-62(56)68-63-26-11-6-21-57(63)58-22-7-12-27-64(58)68/h1-44H. The lowest BCUT2D eigenvalue weighted by molar-refractivity contribution is 0.669. The molecule has 0 aliphatic carbocycles. The van der Waals surface area contributed by atoms with Gasteiger partial charge in [-0.25, -0.2) is 0 Å². The Hall–Kier alpha value is -9.18. The van der Waals surface area contributed by atoms with Crippen LogP contribution in [-0.2, 0) is 0 Å². The van der Waals surface area contributed by atoms with Crippen molar-refractivity contribution < 1.29 is 4.42 Å². The molecule has 0 saturated carbocycles. The van der Waals surface area contributed by atoms with Crippen LogP contribution >= 0.6 is 0 Å². The number of rotatable bonds is 9.